The summed E-state index contributed by atoms with van der Waals surface area (Å²) in [6.07, 6.45) is 9.85. The molecule has 2 aromatic rings. The van der Waals surface area contributed by atoms with Crippen LogP contribution in [0.3, 0.4) is 0 Å². The fourth-order valence-electron chi connectivity index (χ4n) is 6.75. The fourth-order valence-corrected chi connectivity index (χ4v) is 8.23. The van der Waals surface area contributed by atoms with Gasteiger partial charge in [0.25, 0.3) is 5.91 Å². The molecule has 0 unspecified atom stereocenters. The molecule has 2 bridgehead atoms. The van der Waals surface area contributed by atoms with Crippen LogP contribution in [0, 0.1) is 23.7 Å². The number of carbonyl (C=O) groups excluding carboxylic acids is 1. The van der Waals surface area contributed by atoms with Gasteiger partial charge in [-0.15, -0.1) is 0 Å². The first-order valence-corrected chi connectivity index (χ1v) is 17.7. The Morgan fingerprint density at radius 1 is 1.12 bits per heavy atom. The molecule has 0 saturated heterocycles. The predicted octanol–water partition coefficient (Wildman–Crippen LogP) is 6.52. The minimum Gasteiger partial charge on any atom is -0.487 e. The maximum Gasteiger partial charge on any atom is 0.264 e. The van der Waals surface area contributed by atoms with E-state index in [0.717, 1.165) is 56.4 Å². The molecule has 234 valence electrons. The highest BCUT2D eigenvalue weighted by atomic mass is 35.5. The smallest absolute Gasteiger partial charge is 0.264 e. The zero-order chi connectivity index (χ0) is 30.7. The third-order valence-electron chi connectivity index (χ3n) is 9.92. The van der Waals surface area contributed by atoms with Gasteiger partial charge in [0.05, 0.1) is 17.0 Å². The number of fused-ring (bicyclic) bond motifs is 3. The summed E-state index contributed by atoms with van der Waals surface area (Å²) in [5.41, 5.74) is 3.34. The Kier molecular flexibility index (Phi) is 10.1. The average molecular weight is 629 g/mol. The van der Waals surface area contributed by atoms with Gasteiger partial charge in [0.15, 0.2) is 0 Å². The highest BCUT2D eigenvalue weighted by Gasteiger charge is 2.40. The number of benzene rings is 2. The number of nitrogens with one attached hydrogen (secondary N) is 1. The van der Waals surface area contributed by atoms with Gasteiger partial charge < -0.3 is 14.7 Å². The van der Waals surface area contributed by atoms with Gasteiger partial charge in [0.1, 0.15) is 12.4 Å². The van der Waals surface area contributed by atoms with Crippen LogP contribution in [-0.2, 0) is 23.1 Å². The van der Waals surface area contributed by atoms with Gasteiger partial charge >= 0.3 is 0 Å². The van der Waals surface area contributed by atoms with E-state index in [9.17, 15) is 18.3 Å². The van der Waals surface area contributed by atoms with Crippen molar-refractivity contribution in [2.24, 2.45) is 23.7 Å². The standard InChI is InChI=1S/C34H45ClN2O5S/c1-4-32(38)30-10-7-8-22(2)23(3)43(40,41)36-34(39)25-13-16-33-31(19-25)37(20-26-12-15-29(26)30)17-6-5-9-24-18-28(35)14-11-27(24)21-42-33/h7,10-11,13-14,16,18-19,22-23,26,29-30,32,38H,4-6,8-9,12,15,17,20-21H2,1-3H3,(H,36,39)/b10-7+/t22-,23+,26-,29+,30-,32-/m0/s1. The molecule has 0 spiro atoms. The largest absolute Gasteiger partial charge is 0.487 e. The van der Waals surface area contributed by atoms with Crippen molar-refractivity contribution in [3.63, 3.8) is 0 Å². The average Bonchev–Trinajstić information content (AvgIpc) is 3.00. The fraction of sp³-hybridized carbons (Fsp3) is 0.559. The van der Waals surface area contributed by atoms with Crippen LogP contribution in [0.4, 0.5) is 5.69 Å². The number of ether oxygens (including phenoxy) is 1. The number of halogens is 1. The Bertz CT molecular complexity index is 1440. The number of allylic oxidation sites excluding steroid dienone is 1. The number of amides is 1. The summed E-state index contributed by atoms with van der Waals surface area (Å²) in [4.78, 5) is 15.7. The number of carbonyl (C=O) groups is 1. The van der Waals surface area contributed by atoms with Gasteiger partial charge in [0, 0.05) is 29.6 Å². The van der Waals surface area contributed by atoms with E-state index in [4.69, 9.17) is 16.3 Å². The van der Waals surface area contributed by atoms with Gasteiger partial charge in [-0.25, -0.2) is 13.1 Å². The Hall–Kier alpha value is -2.55. The second-order valence-electron chi connectivity index (χ2n) is 12.7. The molecule has 1 saturated carbocycles. The summed E-state index contributed by atoms with van der Waals surface area (Å²) in [5, 5.41) is 11.0. The molecular weight excluding hydrogens is 584 g/mol. The van der Waals surface area contributed by atoms with Crippen LogP contribution in [0.15, 0.2) is 48.6 Å². The Morgan fingerprint density at radius 2 is 1.93 bits per heavy atom. The number of nitrogens with zero attached hydrogens (tertiary/aromatic N) is 1. The van der Waals surface area contributed by atoms with Crippen LogP contribution in [0.1, 0.15) is 80.8 Å². The van der Waals surface area contributed by atoms with Crippen LogP contribution in [0.2, 0.25) is 5.02 Å². The van der Waals surface area contributed by atoms with Crippen LogP contribution in [0.25, 0.3) is 0 Å². The molecule has 2 N–H and O–H groups in total. The lowest BCUT2D eigenvalue weighted by Gasteiger charge is -2.45. The molecule has 43 heavy (non-hydrogen) atoms. The maximum atomic E-state index is 13.4. The number of sulfonamides is 1. The lowest BCUT2D eigenvalue weighted by atomic mass is 9.64. The predicted molar refractivity (Wildman–Crippen MR) is 172 cm³/mol. The molecule has 1 aliphatic carbocycles. The molecule has 7 nitrogen and oxygen atoms in total. The third-order valence-corrected chi connectivity index (χ3v) is 12.1. The van der Waals surface area contributed by atoms with E-state index in [0.29, 0.717) is 42.1 Å². The summed E-state index contributed by atoms with van der Waals surface area (Å²) < 4.78 is 35.3. The molecule has 5 rings (SSSR count). The van der Waals surface area contributed by atoms with E-state index >= 15 is 0 Å². The second-order valence-corrected chi connectivity index (χ2v) is 15.1. The van der Waals surface area contributed by atoms with Crippen molar-refractivity contribution >= 4 is 33.2 Å². The van der Waals surface area contributed by atoms with Gasteiger partial charge in [-0.3, -0.25) is 4.79 Å². The van der Waals surface area contributed by atoms with Crippen molar-refractivity contribution in [3.05, 3.63) is 70.3 Å². The van der Waals surface area contributed by atoms with E-state index in [1.807, 2.05) is 38.1 Å². The van der Waals surface area contributed by atoms with E-state index in [1.54, 1.807) is 25.1 Å². The summed E-state index contributed by atoms with van der Waals surface area (Å²) in [7, 11) is -3.92. The molecule has 3 aliphatic rings. The lowest BCUT2D eigenvalue weighted by molar-refractivity contribution is 0.0317. The van der Waals surface area contributed by atoms with Gasteiger partial charge in [-0.2, -0.15) is 0 Å². The number of hydrogen-bond acceptors (Lipinski definition) is 6. The molecule has 1 fully saturated rings. The first-order valence-electron chi connectivity index (χ1n) is 15.8. The van der Waals surface area contributed by atoms with Crippen molar-refractivity contribution in [2.75, 3.05) is 18.0 Å². The lowest BCUT2D eigenvalue weighted by Crippen LogP contribution is -2.44. The quantitative estimate of drug-likeness (QED) is 0.368. The third kappa shape index (κ3) is 7.23. The highest BCUT2D eigenvalue weighted by Crippen LogP contribution is 2.44. The Labute approximate surface area is 261 Å². The van der Waals surface area contributed by atoms with Crippen molar-refractivity contribution in [2.45, 2.75) is 83.7 Å². The van der Waals surface area contributed by atoms with Crippen LogP contribution in [-0.4, -0.2) is 43.9 Å². The number of aliphatic hydroxyl groups is 1. The molecule has 2 heterocycles. The number of aryl methyl sites for hydroxylation is 1. The van der Waals surface area contributed by atoms with Gasteiger partial charge in [-0.05, 0) is 111 Å². The number of anilines is 1. The molecule has 2 aliphatic heterocycles. The monoisotopic (exact) mass is 628 g/mol. The normalized spacial score (nSPS) is 29.4. The Morgan fingerprint density at radius 3 is 2.67 bits per heavy atom. The van der Waals surface area contributed by atoms with Crippen LogP contribution in [0.5, 0.6) is 5.75 Å². The number of aliphatic hydroxyl groups excluding tert-OH is 1. The van der Waals surface area contributed by atoms with Crippen molar-refractivity contribution in [1.29, 1.82) is 0 Å². The molecule has 6 atom stereocenters. The molecule has 9 heteroatoms. The van der Waals surface area contributed by atoms with E-state index in [2.05, 4.69) is 15.7 Å². The molecular formula is C34H45ClN2O5S. The first kappa shape index (κ1) is 31.9. The maximum absolute atomic E-state index is 13.4. The number of rotatable bonds is 2. The summed E-state index contributed by atoms with van der Waals surface area (Å²) in [6, 6.07) is 11.1. The minimum atomic E-state index is -3.92. The van der Waals surface area contributed by atoms with E-state index in [-0.39, 0.29) is 17.4 Å². The van der Waals surface area contributed by atoms with Crippen LogP contribution < -0.4 is 14.4 Å². The second kappa shape index (κ2) is 13.6. The van der Waals surface area contributed by atoms with Crippen LogP contribution >= 0.6 is 11.6 Å². The zero-order valence-corrected chi connectivity index (χ0v) is 27.0. The van der Waals surface area contributed by atoms with E-state index in [1.165, 1.54) is 5.56 Å². The van der Waals surface area contributed by atoms with Crippen molar-refractivity contribution in [1.82, 2.24) is 4.72 Å². The highest BCUT2D eigenvalue weighted by molar-refractivity contribution is 7.90. The van der Waals surface area contributed by atoms with Gasteiger partial charge in [0.2, 0.25) is 10.0 Å². The first-order chi connectivity index (χ1) is 20.6. The summed E-state index contributed by atoms with van der Waals surface area (Å²) >= 11 is 6.33. The molecule has 0 aromatic heterocycles. The minimum absolute atomic E-state index is 0.0145. The molecule has 1 amide bonds. The Balaban J connectivity index is 1.56. The summed E-state index contributed by atoms with van der Waals surface area (Å²) in [6.45, 7) is 7.46. The molecule has 2 aromatic carbocycles. The number of hydrogen-bond donors (Lipinski definition) is 2. The van der Waals surface area contributed by atoms with Gasteiger partial charge in [-0.1, -0.05) is 43.7 Å². The SMILES string of the molecule is CC[C@H](O)[C@H]1/C=C/C[C@H](C)[C@@H](C)S(=O)(=O)NC(=O)c2ccc3c(c2)N(CCCCc2cc(Cl)ccc2CO3)C[C@@H]2CC[C@H]21. The van der Waals surface area contributed by atoms with E-state index < -0.39 is 27.3 Å². The topological polar surface area (TPSA) is 95.9 Å². The summed E-state index contributed by atoms with van der Waals surface area (Å²) in [5.74, 6) is 0.543. The van der Waals surface area contributed by atoms with Crippen molar-refractivity contribution < 1.29 is 23.1 Å². The zero-order valence-electron chi connectivity index (χ0n) is 25.5. The molecule has 0 radical (unpaired) electrons. The van der Waals surface area contributed by atoms with Crippen molar-refractivity contribution in [3.8, 4) is 5.75 Å².